The molecule has 2 nitrogen and oxygen atoms in total. The molecule has 0 aliphatic heterocycles. The van der Waals surface area contributed by atoms with Crippen molar-refractivity contribution in [2.75, 3.05) is 0 Å². The topological polar surface area (TPSA) is 9.86 Å². The maximum Gasteiger partial charge on any atom is 0.0788 e. The maximum atomic E-state index is 2.67. The average molecular weight is 701 g/mol. The first-order chi connectivity index (χ1) is 25.8. The van der Waals surface area contributed by atoms with Crippen LogP contribution in [0.2, 0.25) is 0 Å². The minimum atomic E-state index is -0.963. The Labute approximate surface area is 305 Å². The van der Waals surface area contributed by atoms with Crippen molar-refractivity contribution in [3.8, 4) is 5.69 Å². The van der Waals surface area contributed by atoms with Crippen molar-refractivity contribution in [3.05, 3.63) is 206 Å². The van der Waals surface area contributed by atoms with Crippen molar-refractivity contribution < 1.29 is 0 Å². The molecule has 0 bridgehead atoms. The molecule has 52 heavy (non-hydrogen) atoms. The van der Waals surface area contributed by atoms with Crippen molar-refractivity contribution in [2.24, 2.45) is 0 Å². The second-order valence-corrected chi connectivity index (χ2v) is 17.3. The number of hydrogen-bond acceptors (Lipinski definition) is 0. The maximum absolute atomic E-state index is 2.67. The third kappa shape index (κ3) is 5.10. The molecule has 0 atom stereocenters. The van der Waals surface area contributed by atoms with Gasteiger partial charge in [0.25, 0.3) is 0 Å². The summed E-state index contributed by atoms with van der Waals surface area (Å²) in [5.41, 5.74) is 6.16. The van der Waals surface area contributed by atoms with Gasteiger partial charge in [-0.1, -0.05) is 182 Å². The van der Waals surface area contributed by atoms with E-state index in [0.29, 0.717) is 0 Å². The average Bonchev–Trinajstić information content (AvgIpc) is 3.73. The fraction of sp³-hybridized carbons (Fsp3) is 0. The van der Waals surface area contributed by atoms with E-state index in [2.05, 4.69) is 215 Å². The summed E-state index contributed by atoms with van der Waals surface area (Å²) in [6.07, 6.45) is 0. The Morgan fingerprint density at radius 2 is 0.750 bits per heavy atom. The Morgan fingerprint density at radius 1 is 0.308 bits per heavy atom. The van der Waals surface area contributed by atoms with Crippen LogP contribution in [-0.4, -0.2) is 8.90 Å². The van der Waals surface area contributed by atoms with E-state index in [1.54, 1.807) is 0 Å². The van der Waals surface area contributed by atoms with Gasteiger partial charge in [-0.3, -0.25) is 0 Å². The Balaban J connectivity index is 1.32. The zero-order valence-corrected chi connectivity index (χ0v) is 30.2. The first-order valence-electron chi connectivity index (χ1n) is 17.7. The third-order valence-electron chi connectivity index (χ3n) is 10.0. The predicted molar refractivity (Wildman–Crippen MR) is 227 cm³/mol. The molecule has 2 aromatic heterocycles. The van der Waals surface area contributed by atoms with Crippen LogP contribution >= 0.6 is 16.0 Å². The fourth-order valence-electron chi connectivity index (χ4n) is 7.85. The molecule has 246 valence electrons. The van der Waals surface area contributed by atoms with Crippen LogP contribution in [0.25, 0.3) is 49.3 Å². The molecule has 0 unspecified atom stereocenters. The van der Waals surface area contributed by atoms with Crippen LogP contribution in [0.4, 0.5) is 0 Å². The van der Waals surface area contributed by atoms with Gasteiger partial charge in [0.1, 0.15) is 0 Å². The van der Waals surface area contributed by atoms with E-state index in [4.69, 9.17) is 0 Å². The summed E-state index contributed by atoms with van der Waals surface area (Å²) in [4.78, 5) is 0. The van der Waals surface area contributed by atoms with Crippen LogP contribution in [0.3, 0.4) is 0 Å². The van der Waals surface area contributed by atoms with Gasteiger partial charge in [0.05, 0.1) is 30.1 Å². The van der Waals surface area contributed by atoms with Crippen LogP contribution in [0.15, 0.2) is 206 Å². The lowest BCUT2D eigenvalue weighted by Gasteiger charge is -2.23. The van der Waals surface area contributed by atoms with Gasteiger partial charge in [-0.25, -0.2) is 0 Å². The van der Waals surface area contributed by atoms with E-state index < -0.39 is 16.0 Å². The number of fused-ring (bicyclic) bond motifs is 7. The zero-order valence-electron chi connectivity index (χ0n) is 28.4. The van der Waals surface area contributed by atoms with Crippen LogP contribution < -0.4 is 26.5 Å². The summed E-state index contributed by atoms with van der Waals surface area (Å²) >= 11 is 0. The summed E-state index contributed by atoms with van der Waals surface area (Å²) in [5, 5.41) is 11.8. The molecular formula is C48H34N2P2. The van der Waals surface area contributed by atoms with Gasteiger partial charge in [0, 0.05) is 37.8 Å². The van der Waals surface area contributed by atoms with Gasteiger partial charge < -0.3 is 8.90 Å². The summed E-state index contributed by atoms with van der Waals surface area (Å²) in [5.74, 6) is 0. The standard InChI is InChI=1S/C48H34N2P2/c1-5-19-36(20-6-1)51(37-21-7-2-8-22-37)40-27-17-18-35(34-40)49-45-30-15-13-28-41(45)43-32-33-44-42-29-14-16-31-46(42)50(48(44)47(43)49)52(38-23-9-3-10-24-38)39-25-11-4-12-26-39/h1-34H. The molecule has 4 heteroatoms. The molecule has 0 amide bonds. The van der Waals surface area contributed by atoms with Gasteiger partial charge in [-0.15, -0.1) is 0 Å². The summed E-state index contributed by atoms with van der Waals surface area (Å²) in [6, 6.07) is 76.1. The van der Waals surface area contributed by atoms with Crippen molar-refractivity contribution >= 4 is 86.1 Å². The molecule has 10 rings (SSSR count). The Morgan fingerprint density at radius 3 is 1.33 bits per heavy atom. The van der Waals surface area contributed by atoms with Gasteiger partial charge in [-0.2, -0.15) is 0 Å². The second-order valence-electron chi connectivity index (χ2n) is 13.0. The molecule has 0 N–H and O–H groups in total. The molecular weight excluding hydrogens is 666 g/mol. The number of nitrogens with zero attached hydrogens (tertiary/aromatic N) is 2. The van der Waals surface area contributed by atoms with Gasteiger partial charge >= 0.3 is 0 Å². The normalized spacial score (nSPS) is 11.8. The van der Waals surface area contributed by atoms with Gasteiger partial charge in [0.15, 0.2) is 0 Å². The number of aromatic nitrogens is 2. The molecule has 0 saturated carbocycles. The Kier molecular flexibility index (Phi) is 7.80. The van der Waals surface area contributed by atoms with Crippen LogP contribution in [-0.2, 0) is 0 Å². The van der Waals surface area contributed by atoms with Gasteiger partial charge in [0.2, 0.25) is 0 Å². The number of hydrogen-bond donors (Lipinski definition) is 0. The highest BCUT2D eigenvalue weighted by atomic mass is 31.1. The van der Waals surface area contributed by atoms with Crippen molar-refractivity contribution in [2.45, 2.75) is 0 Å². The highest BCUT2D eigenvalue weighted by Gasteiger charge is 2.26. The highest BCUT2D eigenvalue weighted by Crippen LogP contribution is 2.48. The van der Waals surface area contributed by atoms with E-state index in [9.17, 15) is 0 Å². The molecule has 0 spiro atoms. The summed E-state index contributed by atoms with van der Waals surface area (Å²) in [6.45, 7) is 0. The summed E-state index contributed by atoms with van der Waals surface area (Å²) < 4.78 is 5.21. The van der Waals surface area contributed by atoms with E-state index in [-0.39, 0.29) is 0 Å². The molecule has 2 heterocycles. The first-order valence-corrected chi connectivity index (χ1v) is 20.4. The second kappa shape index (κ2) is 13.1. The predicted octanol–water partition coefficient (Wildman–Crippen LogP) is 10.5. The van der Waals surface area contributed by atoms with E-state index in [1.807, 2.05) is 0 Å². The smallest absolute Gasteiger partial charge is 0.0788 e. The van der Waals surface area contributed by atoms with Crippen LogP contribution in [0.1, 0.15) is 0 Å². The highest BCUT2D eigenvalue weighted by molar-refractivity contribution is 7.79. The van der Waals surface area contributed by atoms with E-state index >= 15 is 0 Å². The van der Waals surface area contributed by atoms with E-state index in [0.717, 1.165) is 0 Å². The lowest BCUT2D eigenvalue weighted by atomic mass is 10.1. The minimum absolute atomic E-state index is 0.768. The fourth-order valence-corrected chi connectivity index (χ4v) is 12.6. The van der Waals surface area contributed by atoms with Crippen molar-refractivity contribution in [3.63, 3.8) is 0 Å². The molecule has 0 aliphatic carbocycles. The molecule has 10 aromatic rings. The van der Waals surface area contributed by atoms with Crippen LogP contribution in [0, 0.1) is 0 Å². The molecule has 0 radical (unpaired) electrons. The molecule has 8 aromatic carbocycles. The third-order valence-corrected chi connectivity index (χ3v) is 14.8. The number of para-hydroxylation sites is 2. The van der Waals surface area contributed by atoms with Crippen LogP contribution in [0.5, 0.6) is 0 Å². The number of benzene rings is 8. The van der Waals surface area contributed by atoms with E-state index in [1.165, 1.54) is 75.8 Å². The summed E-state index contributed by atoms with van der Waals surface area (Å²) in [7, 11) is -1.73. The molecule has 0 fully saturated rings. The quantitative estimate of drug-likeness (QED) is 0.147. The molecule has 0 aliphatic rings. The minimum Gasteiger partial charge on any atom is -0.308 e. The lowest BCUT2D eigenvalue weighted by molar-refractivity contribution is 1.18. The lowest BCUT2D eigenvalue weighted by Crippen LogP contribution is -2.21. The molecule has 0 saturated heterocycles. The van der Waals surface area contributed by atoms with Crippen molar-refractivity contribution in [1.29, 1.82) is 0 Å². The first kappa shape index (κ1) is 31.0. The van der Waals surface area contributed by atoms with Crippen molar-refractivity contribution in [1.82, 2.24) is 8.90 Å². The Hall–Kier alpha value is -5.78. The SMILES string of the molecule is c1ccc(P(c2ccccc2)c2cccc(-n3c4ccccc4c4ccc5c6ccccc6n(P(c6ccccc6)c6ccccc6)c5c43)c2)cc1. The Bertz CT molecular complexity index is 2760. The van der Waals surface area contributed by atoms with Gasteiger partial charge in [-0.05, 0) is 48.1 Å². The largest absolute Gasteiger partial charge is 0.308 e. The zero-order chi connectivity index (χ0) is 34.4. The number of rotatable bonds is 7. The monoisotopic (exact) mass is 700 g/mol.